The molecule has 1 atom stereocenters. The van der Waals surface area contributed by atoms with Gasteiger partial charge in [-0.3, -0.25) is 4.79 Å². The zero-order valence-electron chi connectivity index (χ0n) is 16.5. The third-order valence-corrected chi connectivity index (χ3v) is 4.43. The second-order valence-electron chi connectivity index (χ2n) is 6.73. The lowest BCUT2D eigenvalue weighted by atomic mass is 10.1. The van der Waals surface area contributed by atoms with Crippen LogP contribution in [0.2, 0.25) is 0 Å². The minimum Gasteiger partial charge on any atom is -0.462 e. The van der Waals surface area contributed by atoms with Crippen LogP contribution in [0.25, 0.3) is 0 Å². The molecule has 166 valence electrons. The summed E-state index contributed by atoms with van der Waals surface area (Å²) in [5, 5.41) is 12.3. The van der Waals surface area contributed by atoms with E-state index in [-0.39, 0.29) is 23.4 Å². The molecule has 3 rings (SSSR count). The summed E-state index contributed by atoms with van der Waals surface area (Å²) in [4.78, 5) is 30.9. The minimum atomic E-state index is -4.81. The van der Waals surface area contributed by atoms with E-state index in [0.29, 0.717) is 25.3 Å². The van der Waals surface area contributed by atoms with Gasteiger partial charge in [0.15, 0.2) is 0 Å². The summed E-state index contributed by atoms with van der Waals surface area (Å²) in [5.41, 5.74) is 0.364. The van der Waals surface area contributed by atoms with E-state index in [0.717, 1.165) is 12.1 Å². The van der Waals surface area contributed by atoms with Gasteiger partial charge in [-0.2, -0.15) is 0 Å². The first kappa shape index (κ1) is 22.3. The molecule has 2 aromatic rings. The molecular formula is C20H20F3N3O5. The number of alkyl halides is 3. The predicted molar refractivity (Wildman–Crippen MR) is 104 cm³/mol. The standard InChI is InChI=1S/C20H20F3N3O5/c1-2-30-19(29)16-9-12(10-24-17(16)26-8-7-14(27)11-26)18(28)25-13-3-5-15(6-4-13)31-20(21,22)23/h3-6,9-10,14,27H,2,7-8,11H2,1H3,(H,25,28). The van der Waals surface area contributed by atoms with Crippen LogP contribution < -0.4 is 15.0 Å². The van der Waals surface area contributed by atoms with Gasteiger partial charge >= 0.3 is 12.3 Å². The fourth-order valence-corrected chi connectivity index (χ4v) is 3.07. The Balaban J connectivity index is 1.79. The van der Waals surface area contributed by atoms with E-state index < -0.39 is 30.1 Å². The first-order valence-electron chi connectivity index (χ1n) is 9.43. The highest BCUT2D eigenvalue weighted by atomic mass is 19.4. The van der Waals surface area contributed by atoms with E-state index in [1.165, 1.54) is 24.4 Å². The number of carbonyl (C=O) groups is 2. The molecule has 1 aromatic carbocycles. The van der Waals surface area contributed by atoms with Crippen molar-refractivity contribution >= 4 is 23.4 Å². The highest BCUT2D eigenvalue weighted by Crippen LogP contribution is 2.26. The van der Waals surface area contributed by atoms with Crippen LogP contribution in [0.5, 0.6) is 5.75 Å². The number of β-amino-alcohol motifs (C(OH)–C–C–N with tert-alkyl or cyclic N) is 1. The van der Waals surface area contributed by atoms with Crippen molar-refractivity contribution in [2.24, 2.45) is 0 Å². The number of ether oxygens (including phenoxy) is 2. The summed E-state index contributed by atoms with van der Waals surface area (Å²) in [6, 6.07) is 5.96. The van der Waals surface area contributed by atoms with Gasteiger partial charge in [0.1, 0.15) is 17.1 Å². The van der Waals surface area contributed by atoms with Crippen molar-refractivity contribution in [1.82, 2.24) is 4.98 Å². The van der Waals surface area contributed by atoms with E-state index in [9.17, 15) is 27.9 Å². The van der Waals surface area contributed by atoms with Crippen molar-refractivity contribution in [1.29, 1.82) is 0 Å². The van der Waals surface area contributed by atoms with Crippen molar-refractivity contribution in [3.8, 4) is 5.75 Å². The summed E-state index contributed by atoms with van der Waals surface area (Å²) < 4.78 is 45.6. The molecule has 0 bridgehead atoms. The topological polar surface area (TPSA) is 101 Å². The van der Waals surface area contributed by atoms with E-state index in [2.05, 4.69) is 15.0 Å². The molecule has 0 saturated carbocycles. The second-order valence-corrected chi connectivity index (χ2v) is 6.73. The number of rotatable bonds is 6. The van der Waals surface area contributed by atoms with Crippen molar-refractivity contribution in [3.63, 3.8) is 0 Å². The molecule has 11 heteroatoms. The minimum absolute atomic E-state index is 0.0576. The molecule has 1 aliphatic rings. The van der Waals surface area contributed by atoms with Crippen LogP contribution >= 0.6 is 0 Å². The molecule has 0 radical (unpaired) electrons. The van der Waals surface area contributed by atoms with Crippen LogP contribution in [0.15, 0.2) is 36.5 Å². The highest BCUT2D eigenvalue weighted by molar-refractivity contribution is 6.06. The molecule has 31 heavy (non-hydrogen) atoms. The maximum absolute atomic E-state index is 12.6. The van der Waals surface area contributed by atoms with Gasteiger partial charge in [0.05, 0.1) is 18.3 Å². The first-order chi connectivity index (χ1) is 14.7. The van der Waals surface area contributed by atoms with Gasteiger partial charge in [0, 0.05) is 25.0 Å². The van der Waals surface area contributed by atoms with Crippen LogP contribution in [0.1, 0.15) is 34.1 Å². The number of hydrogen-bond acceptors (Lipinski definition) is 7. The Kier molecular flexibility index (Phi) is 6.64. The molecule has 2 heterocycles. The third kappa shape index (κ3) is 5.85. The van der Waals surface area contributed by atoms with Gasteiger partial charge in [-0.1, -0.05) is 0 Å². The van der Waals surface area contributed by atoms with Crippen molar-refractivity contribution < 1.29 is 37.3 Å². The van der Waals surface area contributed by atoms with Crippen molar-refractivity contribution in [3.05, 3.63) is 47.7 Å². The van der Waals surface area contributed by atoms with Crippen molar-refractivity contribution in [2.45, 2.75) is 25.8 Å². The number of aliphatic hydroxyl groups excluding tert-OH is 1. The Hall–Kier alpha value is -3.34. The first-order valence-corrected chi connectivity index (χ1v) is 9.43. The number of benzene rings is 1. The lowest BCUT2D eigenvalue weighted by Gasteiger charge is -2.20. The molecule has 1 fully saturated rings. The van der Waals surface area contributed by atoms with Crippen molar-refractivity contribution in [2.75, 3.05) is 29.9 Å². The number of esters is 1. The van der Waals surface area contributed by atoms with Crippen LogP contribution in [0.4, 0.5) is 24.7 Å². The van der Waals surface area contributed by atoms with E-state index in [1.54, 1.807) is 11.8 Å². The number of nitrogens with zero attached hydrogens (tertiary/aromatic N) is 2. The summed E-state index contributed by atoms with van der Waals surface area (Å²) in [6.45, 7) is 2.58. The number of carbonyl (C=O) groups excluding carboxylic acids is 2. The normalized spacial score (nSPS) is 16.2. The monoisotopic (exact) mass is 439 g/mol. The maximum atomic E-state index is 12.6. The number of aliphatic hydroxyl groups is 1. The molecule has 0 aliphatic carbocycles. The number of halogens is 3. The van der Waals surface area contributed by atoms with Gasteiger partial charge in [-0.25, -0.2) is 9.78 Å². The van der Waals surface area contributed by atoms with Crippen LogP contribution in [-0.4, -0.2) is 54.1 Å². The van der Waals surface area contributed by atoms with Gasteiger partial charge < -0.3 is 24.8 Å². The molecule has 2 N–H and O–H groups in total. The molecular weight excluding hydrogens is 419 g/mol. The predicted octanol–water partition coefficient (Wildman–Crippen LogP) is 2.98. The lowest BCUT2D eigenvalue weighted by Crippen LogP contribution is -2.26. The average Bonchev–Trinajstić information content (AvgIpc) is 3.14. The zero-order valence-corrected chi connectivity index (χ0v) is 16.5. The van der Waals surface area contributed by atoms with Gasteiger partial charge in [0.2, 0.25) is 0 Å². The summed E-state index contributed by atoms with van der Waals surface area (Å²) >= 11 is 0. The quantitative estimate of drug-likeness (QED) is 0.668. The van der Waals surface area contributed by atoms with Gasteiger partial charge in [-0.05, 0) is 43.7 Å². The summed E-state index contributed by atoms with van der Waals surface area (Å²) in [5.74, 6) is -1.39. The number of hydrogen-bond donors (Lipinski definition) is 2. The SMILES string of the molecule is CCOC(=O)c1cc(C(=O)Nc2ccc(OC(F)(F)F)cc2)cnc1N1CCC(O)C1. The Morgan fingerprint density at radius 3 is 2.58 bits per heavy atom. The molecule has 1 aromatic heterocycles. The van der Waals surface area contributed by atoms with Gasteiger partial charge in [-0.15, -0.1) is 13.2 Å². The van der Waals surface area contributed by atoms with E-state index in [1.807, 2.05) is 0 Å². The number of nitrogens with one attached hydrogen (secondary N) is 1. The van der Waals surface area contributed by atoms with E-state index in [4.69, 9.17) is 4.74 Å². The Labute approximate surface area is 175 Å². The summed E-state index contributed by atoms with van der Waals surface area (Å²) in [7, 11) is 0. The Bertz CT molecular complexity index is 950. The molecule has 1 saturated heterocycles. The number of anilines is 2. The zero-order chi connectivity index (χ0) is 22.6. The maximum Gasteiger partial charge on any atom is 0.573 e. The molecule has 1 unspecified atom stereocenters. The molecule has 8 nitrogen and oxygen atoms in total. The smallest absolute Gasteiger partial charge is 0.462 e. The molecule has 1 amide bonds. The van der Waals surface area contributed by atoms with Crippen LogP contribution in [-0.2, 0) is 4.74 Å². The fourth-order valence-electron chi connectivity index (χ4n) is 3.07. The fraction of sp³-hybridized carbons (Fsp3) is 0.350. The van der Waals surface area contributed by atoms with Gasteiger partial charge in [0.25, 0.3) is 5.91 Å². The second kappa shape index (κ2) is 9.21. The largest absolute Gasteiger partial charge is 0.573 e. The highest BCUT2D eigenvalue weighted by Gasteiger charge is 2.31. The lowest BCUT2D eigenvalue weighted by molar-refractivity contribution is -0.274. The van der Waals surface area contributed by atoms with E-state index >= 15 is 0 Å². The number of amides is 1. The number of aromatic nitrogens is 1. The Morgan fingerprint density at radius 2 is 2.00 bits per heavy atom. The number of pyridine rings is 1. The Morgan fingerprint density at radius 1 is 1.29 bits per heavy atom. The van der Waals surface area contributed by atoms with Crippen LogP contribution in [0.3, 0.4) is 0 Å². The molecule has 1 aliphatic heterocycles. The molecule has 0 spiro atoms. The average molecular weight is 439 g/mol. The third-order valence-electron chi connectivity index (χ3n) is 4.43. The van der Waals surface area contributed by atoms with Crippen LogP contribution in [0, 0.1) is 0 Å². The summed E-state index contributed by atoms with van der Waals surface area (Å²) in [6.07, 6.45) is -3.55.